The van der Waals surface area contributed by atoms with Crippen molar-refractivity contribution in [1.82, 2.24) is 10.2 Å². The van der Waals surface area contributed by atoms with Crippen molar-refractivity contribution >= 4 is 11.8 Å². The summed E-state index contributed by atoms with van der Waals surface area (Å²) in [4.78, 5) is 2.77. The van der Waals surface area contributed by atoms with Crippen molar-refractivity contribution in [3.8, 4) is 0 Å². The summed E-state index contributed by atoms with van der Waals surface area (Å²) in [6.45, 7) is 12.1. The zero-order valence-corrected chi connectivity index (χ0v) is 13.2. The molecule has 0 aromatic carbocycles. The lowest BCUT2D eigenvalue weighted by Gasteiger charge is -2.43. The molecule has 1 unspecified atom stereocenters. The van der Waals surface area contributed by atoms with Gasteiger partial charge in [-0.15, -0.1) is 0 Å². The number of nitrogens with one attached hydrogen (secondary N) is 1. The Balaban J connectivity index is 1.75. The second-order valence-electron chi connectivity index (χ2n) is 6.82. The minimum absolute atomic E-state index is 0.550. The standard InChI is InChI=1S/C15H30N2S/c1-4-16-10-13-5-7-17(8-6-13)14-9-15(2,3)12-18-11-14/h13-14,16H,4-12H2,1-3H3. The highest BCUT2D eigenvalue weighted by molar-refractivity contribution is 7.99. The van der Waals surface area contributed by atoms with E-state index in [-0.39, 0.29) is 0 Å². The van der Waals surface area contributed by atoms with E-state index in [0.717, 1.165) is 18.5 Å². The molecule has 0 aromatic heterocycles. The van der Waals surface area contributed by atoms with Gasteiger partial charge in [0.2, 0.25) is 0 Å². The summed E-state index contributed by atoms with van der Waals surface area (Å²) in [7, 11) is 0. The van der Waals surface area contributed by atoms with E-state index in [1.165, 1.54) is 50.4 Å². The Kier molecular flexibility index (Phi) is 5.40. The SMILES string of the molecule is CCNCC1CCN(C2CSCC(C)(C)C2)CC1. The van der Waals surface area contributed by atoms with E-state index in [1.54, 1.807) is 0 Å². The van der Waals surface area contributed by atoms with Gasteiger partial charge in [0.15, 0.2) is 0 Å². The number of piperidine rings is 1. The number of hydrogen-bond acceptors (Lipinski definition) is 3. The van der Waals surface area contributed by atoms with E-state index < -0.39 is 0 Å². The summed E-state index contributed by atoms with van der Waals surface area (Å²) in [6.07, 6.45) is 4.20. The molecule has 2 aliphatic rings. The van der Waals surface area contributed by atoms with Gasteiger partial charge in [0, 0.05) is 11.8 Å². The fourth-order valence-electron chi connectivity index (χ4n) is 3.33. The predicted octanol–water partition coefficient (Wildman–Crippen LogP) is 2.84. The van der Waals surface area contributed by atoms with Gasteiger partial charge < -0.3 is 5.32 Å². The molecular weight excluding hydrogens is 240 g/mol. The molecule has 0 radical (unpaired) electrons. The molecular formula is C15H30N2S. The Morgan fingerprint density at radius 2 is 2.00 bits per heavy atom. The maximum atomic E-state index is 3.50. The lowest BCUT2D eigenvalue weighted by atomic mass is 9.86. The quantitative estimate of drug-likeness (QED) is 0.846. The van der Waals surface area contributed by atoms with Crippen LogP contribution in [0.15, 0.2) is 0 Å². The Labute approximate surface area is 117 Å². The number of likely N-dealkylation sites (tertiary alicyclic amines) is 1. The highest BCUT2D eigenvalue weighted by Crippen LogP contribution is 2.36. The zero-order valence-electron chi connectivity index (χ0n) is 12.4. The van der Waals surface area contributed by atoms with Crippen LogP contribution in [0.1, 0.15) is 40.0 Å². The third-order valence-electron chi connectivity index (χ3n) is 4.44. The molecule has 106 valence electrons. The van der Waals surface area contributed by atoms with E-state index in [4.69, 9.17) is 0 Å². The van der Waals surface area contributed by atoms with Crippen LogP contribution in [0.2, 0.25) is 0 Å². The lowest BCUT2D eigenvalue weighted by molar-refractivity contribution is 0.112. The second-order valence-corrected chi connectivity index (χ2v) is 7.85. The first kappa shape index (κ1) is 14.7. The van der Waals surface area contributed by atoms with Crippen LogP contribution >= 0.6 is 11.8 Å². The van der Waals surface area contributed by atoms with Gasteiger partial charge in [0.25, 0.3) is 0 Å². The van der Waals surface area contributed by atoms with Crippen molar-refractivity contribution in [3.05, 3.63) is 0 Å². The van der Waals surface area contributed by atoms with Crippen LogP contribution in [0.5, 0.6) is 0 Å². The molecule has 0 bridgehead atoms. The molecule has 18 heavy (non-hydrogen) atoms. The van der Waals surface area contributed by atoms with Gasteiger partial charge in [-0.1, -0.05) is 20.8 Å². The number of thioether (sulfide) groups is 1. The topological polar surface area (TPSA) is 15.3 Å². The van der Waals surface area contributed by atoms with Gasteiger partial charge in [-0.25, -0.2) is 0 Å². The van der Waals surface area contributed by atoms with E-state index in [1.807, 2.05) is 0 Å². The van der Waals surface area contributed by atoms with E-state index >= 15 is 0 Å². The monoisotopic (exact) mass is 270 g/mol. The summed E-state index contributed by atoms with van der Waals surface area (Å²) in [5.41, 5.74) is 0.550. The van der Waals surface area contributed by atoms with Crippen LogP contribution in [-0.2, 0) is 0 Å². The largest absolute Gasteiger partial charge is 0.317 e. The van der Waals surface area contributed by atoms with Crippen LogP contribution in [0.25, 0.3) is 0 Å². The molecule has 0 aromatic rings. The second kappa shape index (κ2) is 6.62. The molecule has 2 aliphatic heterocycles. The smallest absolute Gasteiger partial charge is 0.0191 e. The Bertz CT molecular complexity index is 247. The first-order valence-electron chi connectivity index (χ1n) is 7.63. The average molecular weight is 270 g/mol. The molecule has 2 saturated heterocycles. The van der Waals surface area contributed by atoms with Gasteiger partial charge >= 0.3 is 0 Å². The van der Waals surface area contributed by atoms with Crippen LogP contribution in [0.3, 0.4) is 0 Å². The van der Waals surface area contributed by atoms with Gasteiger partial charge in [0.05, 0.1) is 0 Å². The van der Waals surface area contributed by atoms with Crippen molar-refractivity contribution < 1.29 is 0 Å². The fourth-order valence-corrected chi connectivity index (χ4v) is 4.72. The van der Waals surface area contributed by atoms with Gasteiger partial charge in [-0.3, -0.25) is 4.90 Å². The molecule has 0 saturated carbocycles. The molecule has 1 atom stereocenters. The minimum Gasteiger partial charge on any atom is -0.317 e. The Hall–Kier alpha value is 0.270. The molecule has 1 N–H and O–H groups in total. The van der Waals surface area contributed by atoms with Crippen LogP contribution < -0.4 is 5.32 Å². The molecule has 0 spiro atoms. The molecule has 2 fully saturated rings. The number of rotatable bonds is 4. The van der Waals surface area contributed by atoms with Crippen LogP contribution in [0.4, 0.5) is 0 Å². The van der Waals surface area contributed by atoms with E-state index in [9.17, 15) is 0 Å². The van der Waals surface area contributed by atoms with Gasteiger partial charge in [0.1, 0.15) is 0 Å². The van der Waals surface area contributed by atoms with Crippen molar-refractivity contribution in [1.29, 1.82) is 0 Å². The van der Waals surface area contributed by atoms with E-state index in [0.29, 0.717) is 5.41 Å². The Morgan fingerprint density at radius 1 is 1.28 bits per heavy atom. The molecule has 2 heterocycles. The molecule has 0 aliphatic carbocycles. The molecule has 0 amide bonds. The third-order valence-corrected chi connectivity index (χ3v) is 6.05. The maximum Gasteiger partial charge on any atom is 0.0191 e. The highest BCUT2D eigenvalue weighted by Gasteiger charge is 2.33. The summed E-state index contributed by atoms with van der Waals surface area (Å²) < 4.78 is 0. The first-order chi connectivity index (χ1) is 8.61. The minimum atomic E-state index is 0.550. The third kappa shape index (κ3) is 4.14. The van der Waals surface area contributed by atoms with Gasteiger partial charge in [-0.2, -0.15) is 11.8 Å². The van der Waals surface area contributed by atoms with Crippen LogP contribution in [-0.4, -0.2) is 48.6 Å². The first-order valence-corrected chi connectivity index (χ1v) is 8.79. The molecule has 2 rings (SSSR count). The molecule has 2 nitrogen and oxygen atoms in total. The lowest BCUT2D eigenvalue weighted by Crippen LogP contribution is -2.48. The zero-order chi connectivity index (χ0) is 13.0. The number of nitrogens with zero attached hydrogens (tertiary/aromatic N) is 1. The Morgan fingerprint density at radius 3 is 2.61 bits per heavy atom. The van der Waals surface area contributed by atoms with Crippen molar-refractivity contribution in [3.63, 3.8) is 0 Å². The summed E-state index contributed by atoms with van der Waals surface area (Å²) >= 11 is 2.16. The predicted molar refractivity (Wildman–Crippen MR) is 82.4 cm³/mol. The normalized spacial score (nSPS) is 30.5. The van der Waals surface area contributed by atoms with Crippen molar-refractivity contribution in [2.75, 3.05) is 37.7 Å². The fraction of sp³-hybridized carbons (Fsp3) is 1.00. The summed E-state index contributed by atoms with van der Waals surface area (Å²) in [6, 6.07) is 0.846. The van der Waals surface area contributed by atoms with Crippen molar-refractivity contribution in [2.24, 2.45) is 11.3 Å². The molecule has 3 heteroatoms. The maximum absolute atomic E-state index is 3.50. The van der Waals surface area contributed by atoms with Gasteiger partial charge in [-0.05, 0) is 62.5 Å². The summed E-state index contributed by atoms with van der Waals surface area (Å²) in [5.74, 6) is 3.63. The van der Waals surface area contributed by atoms with Crippen molar-refractivity contribution in [2.45, 2.75) is 46.1 Å². The summed E-state index contributed by atoms with van der Waals surface area (Å²) in [5, 5.41) is 3.50. The van der Waals surface area contributed by atoms with E-state index in [2.05, 4.69) is 42.7 Å². The average Bonchev–Trinajstić information content (AvgIpc) is 2.36. The number of hydrogen-bond donors (Lipinski definition) is 1. The highest BCUT2D eigenvalue weighted by atomic mass is 32.2. The van der Waals surface area contributed by atoms with Crippen LogP contribution in [0, 0.1) is 11.3 Å².